The fourth-order valence-corrected chi connectivity index (χ4v) is 1.87. The molecule has 1 heterocycles. The third-order valence-corrected chi connectivity index (χ3v) is 4.02. The quantitative estimate of drug-likeness (QED) is 0.801. The van der Waals surface area contributed by atoms with Gasteiger partial charge in [-0.25, -0.2) is 4.68 Å². The first-order chi connectivity index (χ1) is 8.11. The molecule has 0 saturated carbocycles. The fraction of sp³-hybridized carbons (Fsp3) is 0.333. The van der Waals surface area contributed by atoms with Gasteiger partial charge in [0.15, 0.2) is 0 Å². The number of nitrogens with zero attached hydrogens (tertiary/aromatic N) is 3. The summed E-state index contributed by atoms with van der Waals surface area (Å²) in [7, 11) is 0. The molecule has 1 atom stereocenters. The molecule has 0 bridgehead atoms. The van der Waals surface area contributed by atoms with Crippen LogP contribution in [-0.2, 0) is 0 Å². The average molecular weight is 315 g/mol. The average Bonchev–Trinajstić information content (AvgIpc) is 2.81. The van der Waals surface area contributed by atoms with Crippen LogP contribution in [0, 0.1) is 6.92 Å². The van der Waals surface area contributed by atoms with Crippen LogP contribution in [0.2, 0.25) is 0 Å². The van der Waals surface area contributed by atoms with E-state index in [2.05, 4.69) is 32.3 Å². The van der Waals surface area contributed by atoms with Gasteiger partial charge in [0.2, 0.25) is 0 Å². The van der Waals surface area contributed by atoms with Gasteiger partial charge in [0.1, 0.15) is 5.69 Å². The third kappa shape index (κ3) is 2.69. The zero-order valence-corrected chi connectivity index (χ0v) is 12.0. The number of hydrogen-bond donors (Lipinski definition) is 0. The maximum atomic E-state index is 6.12. The van der Waals surface area contributed by atoms with Gasteiger partial charge in [0.25, 0.3) is 0 Å². The van der Waals surface area contributed by atoms with Crippen LogP contribution in [0.1, 0.15) is 30.0 Å². The molecule has 3 nitrogen and oxygen atoms in total. The fourth-order valence-electron chi connectivity index (χ4n) is 1.53. The van der Waals surface area contributed by atoms with E-state index >= 15 is 0 Å². The van der Waals surface area contributed by atoms with E-state index in [1.807, 2.05) is 32.2 Å². The number of benzene rings is 1. The molecule has 1 unspecified atom stereocenters. The molecule has 17 heavy (non-hydrogen) atoms. The molecule has 0 N–H and O–H groups in total. The van der Waals surface area contributed by atoms with E-state index in [1.54, 1.807) is 4.68 Å². The van der Waals surface area contributed by atoms with E-state index in [9.17, 15) is 0 Å². The molecule has 2 aromatic rings. The van der Waals surface area contributed by atoms with E-state index in [0.717, 1.165) is 27.8 Å². The molecule has 2 rings (SSSR count). The second kappa shape index (κ2) is 5.19. The second-order valence-electron chi connectivity index (χ2n) is 3.90. The highest BCUT2D eigenvalue weighted by Crippen LogP contribution is 2.23. The van der Waals surface area contributed by atoms with Gasteiger partial charge in [0, 0.05) is 4.47 Å². The highest BCUT2D eigenvalue weighted by Gasteiger charge is 2.10. The number of alkyl halides is 1. The Bertz CT molecular complexity index is 524. The van der Waals surface area contributed by atoms with Crippen LogP contribution in [0.5, 0.6) is 0 Å². The molecule has 0 spiro atoms. The number of rotatable bonds is 3. The van der Waals surface area contributed by atoms with Crippen molar-refractivity contribution in [1.82, 2.24) is 15.0 Å². The molecule has 1 aromatic heterocycles. The van der Waals surface area contributed by atoms with Gasteiger partial charge in [-0.2, -0.15) is 0 Å². The minimum atomic E-state index is -0.0692. The molecule has 90 valence electrons. The van der Waals surface area contributed by atoms with E-state index in [-0.39, 0.29) is 5.38 Å². The predicted molar refractivity (Wildman–Crippen MR) is 72.7 cm³/mol. The highest BCUT2D eigenvalue weighted by molar-refractivity contribution is 9.10. The van der Waals surface area contributed by atoms with Crippen LogP contribution in [0.4, 0.5) is 0 Å². The van der Waals surface area contributed by atoms with Gasteiger partial charge in [0.05, 0.1) is 17.3 Å². The Labute approximate surface area is 114 Å². The SMILES string of the molecule is CCC(Cl)c1cn(-c2ccc(Br)c(C)c2)nn1. The summed E-state index contributed by atoms with van der Waals surface area (Å²) >= 11 is 9.60. The lowest BCUT2D eigenvalue weighted by Gasteiger charge is -2.03. The number of halogens is 2. The van der Waals surface area contributed by atoms with Crippen molar-refractivity contribution in [3.63, 3.8) is 0 Å². The van der Waals surface area contributed by atoms with Crippen molar-refractivity contribution in [1.29, 1.82) is 0 Å². The molecule has 5 heteroatoms. The maximum absolute atomic E-state index is 6.12. The molecule has 0 amide bonds. The Hall–Kier alpha value is -0.870. The van der Waals surface area contributed by atoms with Crippen LogP contribution in [0.3, 0.4) is 0 Å². The summed E-state index contributed by atoms with van der Waals surface area (Å²) < 4.78 is 2.84. The van der Waals surface area contributed by atoms with Gasteiger partial charge < -0.3 is 0 Å². The first-order valence-corrected chi connectivity index (χ1v) is 6.67. The summed E-state index contributed by atoms with van der Waals surface area (Å²) in [6, 6.07) is 6.05. The minimum absolute atomic E-state index is 0.0692. The Morgan fingerprint density at radius 3 is 2.88 bits per heavy atom. The van der Waals surface area contributed by atoms with E-state index in [1.165, 1.54) is 0 Å². The van der Waals surface area contributed by atoms with Crippen molar-refractivity contribution < 1.29 is 0 Å². The van der Waals surface area contributed by atoms with Crippen molar-refractivity contribution >= 4 is 27.5 Å². The molecular weight excluding hydrogens is 302 g/mol. The van der Waals surface area contributed by atoms with Gasteiger partial charge in [-0.15, -0.1) is 16.7 Å². The second-order valence-corrected chi connectivity index (χ2v) is 5.28. The van der Waals surface area contributed by atoms with E-state index < -0.39 is 0 Å². The molecule has 0 aliphatic rings. The smallest absolute Gasteiger partial charge is 0.101 e. The van der Waals surface area contributed by atoms with Crippen molar-refractivity contribution in [3.05, 3.63) is 40.1 Å². The van der Waals surface area contributed by atoms with Crippen LogP contribution in [0.25, 0.3) is 5.69 Å². The van der Waals surface area contributed by atoms with E-state index in [4.69, 9.17) is 11.6 Å². The number of aromatic nitrogens is 3. The maximum Gasteiger partial charge on any atom is 0.101 e. The summed E-state index contributed by atoms with van der Waals surface area (Å²) in [4.78, 5) is 0. The van der Waals surface area contributed by atoms with Crippen LogP contribution >= 0.6 is 27.5 Å². The van der Waals surface area contributed by atoms with Crippen molar-refractivity contribution in [2.75, 3.05) is 0 Å². The van der Waals surface area contributed by atoms with Crippen molar-refractivity contribution in [2.24, 2.45) is 0 Å². The van der Waals surface area contributed by atoms with Gasteiger partial charge in [-0.3, -0.25) is 0 Å². The zero-order valence-electron chi connectivity index (χ0n) is 9.69. The predicted octanol–water partition coefficient (Wildman–Crippen LogP) is 4.03. The van der Waals surface area contributed by atoms with Crippen LogP contribution < -0.4 is 0 Å². The number of hydrogen-bond acceptors (Lipinski definition) is 2. The molecule has 0 radical (unpaired) electrons. The Morgan fingerprint density at radius 2 is 2.24 bits per heavy atom. The lowest BCUT2D eigenvalue weighted by atomic mass is 10.2. The summed E-state index contributed by atoms with van der Waals surface area (Å²) in [6.45, 7) is 4.07. The zero-order chi connectivity index (χ0) is 12.4. The largest absolute Gasteiger partial charge is 0.220 e. The minimum Gasteiger partial charge on any atom is -0.220 e. The highest BCUT2D eigenvalue weighted by atomic mass is 79.9. The topological polar surface area (TPSA) is 30.7 Å². The Balaban J connectivity index is 2.33. The molecule has 0 aliphatic carbocycles. The normalized spacial score (nSPS) is 12.7. The lowest BCUT2D eigenvalue weighted by molar-refractivity contribution is 0.785. The van der Waals surface area contributed by atoms with Crippen LogP contribution in [0.15, 0.2) is 28.9 Å². The summed E-state index contributed by atoms with van der Waals surface area (Å²) in [6.07, 6.45) is 2.73. The van der Waals surface area contributed by atoms with Crippen molar-refractivity contribution in [3.8, 4) is 5.69 Å². The van der Waals surface area contributed by atoms with Gasteiger partial charge in [-0.05, 0) is 37.1 Å². The molecule has 0 fully saturated rings. The lowest BCUT2D eigenvalue weighted by Crippen LogP contribution is -1.95. The molecule has 0 saturated heterocycles. The Kier molecular flexibility index (Phi) is 3.84. The van der Waals surface area contributed by atoms with E-state index in [0.29, 0.717) is 0 Å². The number of aryl methyl sites for hydroxylation is 1. The monoisotopic (exact) mass is 313 g/mol. The summed E-state index contributed by atoms with van der Waals surface area (Å²) in [5, 5.41) is 8.11. The summed E-state index contributed by atoms with van der Waals surface area (Å²) in [5.41, 5.74) is 2.97. The standard InChI is InChI=1S/C12H13BrClN3/c1-3-11(14)12-7-17(16-15-12)9-4-5-10(13)8(2)6-9/h4-7,11H,3H2,1-2H3. The van der Waals surface area contributed by atoms with Gasteiger partial charge >= 0.3 is 0 Å². The first kappa shape index (κ1) is 12.6. The van der Waals surface area contributed by atoms with Crippen LogP contribution in [-0.4, -0.2) is 15.0 Å². The Morgan fingerprint density at radius 1 is 1.47 bits per heavy atom. The molecule has 1 aromatic carbocycles. The van der Waals surface area contributed by atoms with Crippen molar-refractivity contribution in [2.45, 2.75) is 25.6 Å². The van der Waals surface area contributed by atoms with Gasteiger partial charge in [-0.1, -0.05) is 28.1 Å². The summed E-state index contributed by atoms with van der Waals surface area (Å²) in [5.74, 6) is 0. The molecular formula is C12H13BrClN3. The first-order valence-electron chi connectivity index (χ1n) is 5.44. The molecule has 0 aliphatic heterocycles. The third-order valence-electron chi connectivity index (χ3n) is 2.60.